The van der Waals surface area contributed by atoms with Crippen LogP contribution in [0.3, 0.4) is 0 Å². The van der Waals surface area contributed by atoms with Gasteiger partial charge in [0.2, 0.25) is 0 Å². The molecule has 0 radical (unpaired) electrons. The van der Waals surface area contributed by atoms with Crippen molar-refractivity contribution in [2.24, 2.45) is 0 Å². The quantitative estimate of drug-likeness (QED) is 0.352. The average molecular weight is 576 g/mol. The highest BCUT2D eigenvalue weighted by molar-refractivity contribution is 6.35. The number of hydrogen-bond acceptors (Lipinski definition) is 9. The van der Waals surface area contributed by atoms with Gasteiger partial charge in [-0.2, -0.15) is 15.0 Å². The van der Waals surface area contributed by atoms with E-state index in [1.54, 1.807) is 19.1 Å². The molecule has 4 aromatic rings. The highest BCUT2D eigenvalue weighted by Gasteiger charge is 2.35. The summed E-state index contributed by atoms with van der Waals surface area (Å²) < 4.78 is 57.3. The van der Waals surface area contributed by atoms with Gasteiger partial charge in [0.15, 0.2) is 11.4 Å². The smallest absolute Gasteiger partial charge is 0.319 e. The SMILES string of the molecule is Cc1ccc2oc(N)nc2c1-c1c(Cl)cc2c(N3CCNCC(F)(F)C3)nc(OC[C@@H]3CCCN3C)nc2c1F. The van der Waals surface area contributed by atoms with Gasteiger partial charge in [0.1, 0.15) is 23.5 Å². The molecule has 0 amide bonds. The maximum Gasteiger partial charge on any atom is 0.319 e. The number of ether oxygens (including phenoxy) is 1. The van der Waals surface area contributed by atoms with Gasteiger partial charge < -0.3 is 30.0 Å². The number of nitrogens with one attached hydrogen (secondary N) is 1. The van der Waals surface area contributed by atoms with Crippen molar-refractivity contribution in [1.29, 1.82) is 0 Å². The topological polar surface area (TPSA) is 106 Å². The maximum absolute atomic E-state index is 16.6. The van der Waals surface area contributed by atoms with Gasteiger partial charge in [0.25, 0.3) is 11.9 Å². The minimum absolute atomic E-state index is 0.0491. The summed E-state index contributed by atoms with van der Waals surface area (Å²) in [5.74, 6) is -3.63. The van der Waals surface area contributed by atoms with E-state index in [-0.39, 0.29) is 58.5 Å². The summed E-state index contributed by atoms with van der Waals surface area (Å²) in [4.78, 5) is 16.8. The Hall–Kier alpha value is -3.35. The number of nitrogen functional groups attached to an aromatic ring is 1. The van der Waals surface area contributed by atoms with Gasteiger partial charge in [-0.3, -0.25) is 0 Å². The lowest BCUT2D eigenvalue weighted by Gasteiger charge is -2.26. The van der Waals surface area contributed by atoms with Crippen molar-refractivity contribution in [3.63, 3.8) is 0 Å². The molecule has 13 heteroatoms. The van der Waals surface area contributed by atoms with Crippen LogP contribution in [0.25, 0.3) is 33.1 Å². The van der Waals surface area contributed by atoms with Crippen LogP contribution >= 0.6 is 11.6 Å². The molecule has 9 nitrogen and oxygen atoms in total. The van der Waals surface area contributed by atoms with Gasteiger partial charge in [-0.25, -0.2) is 13.2 Å². The lowest BCUT2D eigenvalue weighted by atomic mass is 9.97. The molecule has 1 atom stereocenters. The van der Waals surface area contributed by atoms with Gasteiger partial charge >= 0.3 is 6.01 Å². The first kappa shape index (κ1) is 26.9. The molecule has 2 aromatic carbocycles. The van der Waals surface area contributed by atoms with Gasteiger partial charge in [-0.1, -0.05) is 17.7 Å². The van der Waals surface area contributed by atoms with Crippen molar-refractivity contribution in [3.05, 3.63) is 34.6 Å². The Morgan fingerprint density at radius 3 is 2.80 bits per heavy atom. The molecule has 0 aliphatic carbocycles. The predicted octanol–water partition coefficient (Wildman–Crippen LogP) is 4.64. The molecule has 2 aliphatic heterocycles. The lowest BCUT2D eigenvalue weighted by molar-refractivity contribution is 0.0156. The van der Waals surface area contributed by atoms with Crippen LogP contribution in [-0.4, -0.2) is 78.2 Å². The van der Waals surface area contributed by atoms with Crippen LogP contribution in [0.1, 0.15) is 18.4 Å². The minimum atomic E-state index is -3.02. The number of likely N-dealkylation sites (N-methyl/N-ethyl adjacent to an activating group) is 1. The summed E-state index contributed by atoms with van der Waals surface area (Å²) in [6.45, 7) is 2.49. The molecule has 2 aromatic heterocycles. The molecular formula is C27H29ClF3N7O2. The summed E-state index contributed by atoms with van der Waals surface area (Å²) >= 11 is 6.72. The summed E-state index contributed by atoms with van der Waals surface area (Å²) in [6, 6.07) is 4.97. The molecule has 6 rings (SSSR count). The molecule has 0 bridgehead atoms. The van der Waals surface area contributed by atoms with Gasteiger partial charge in [-0.15, -0.1) is 0 Å². The Morgan fingerprint density at radius 1 is 1.20 bits per heavy atom. The van der Waals surface area contributed by atoms with Crippen LogP contribution in [0.2, 0.25) is 5.02 Å². The first-order chi connectivity index (χ1) is 19.1. The Morgan fingerprint density at radius 2 is 2.02 bits per heavy atom. The zero-order chi connectivity index (χ0) is 28.2. The summed E-state index contributed by atoms with van der Waals surface area (Å²) in [5.41, 5.74) is 7.58. The summed E-state index contributed by atoms with van der Waals surface area (Å²) in [5, 5.41) is 3.00. The van der Waals surface area contributed by atoms with Crippen molar-refractivity contribution in [3.8, 4) is 17.1 Å². The van der Waals surface area contributed by atoms with Crippen LogP contribution in [0, 0.1) is 12.7 Å². The highest BCUT2D eigenvalue weighted by Crippen LogP contribution is 2.43. The number of aryl methyl sites for hydroxylation is 1. The molecule has 2 aliphatic rings. The first-order valence-corrected chi connectivity index (χ1v) is 13.5. The van der Waals surface area contributed by atoms with E-state index >= 15 is 4.39 Å². The third-order valence-electron chi connectivity index (χ3n) is 7.62. The monoisotopic (exact) mass is 575 g/mol. The lowest BCUT2D eigenvalue weighted by Crippen LogP contribution is -2.39. The zero-order valence-corrected chi connectivity index (χ0v) is 22.9. The molecule has 0 spiro atoms. The van der Waals surface area contributed by atoms with Crippen LogP contribution in [0.4, 0.5) is 25.0 Å². The molecule has 212 valence electrons. The molecule has 3 N–H and O–H groups in total. The number of rotatable bonds is 5. The van der Waals surface area contributed by atoms with E-state index in [1.165, 1.54) is 11.0 Å². The molecule has 2 fully saturated rings. The van der Waals surface area contributed by atoms with Crippen molar-refractivity contribution in [2.75, 3.05) is 57.0 Å². The predicted molar refractivity (Wildman–Crippen MR) is 148 cm³/mol. The molecule has 4 heterocycles. The average Bonchev–Trinajstić information content (AvgIpc) is 3.44. The molecule has 40 heavy (non-hydrogen) atoms. The van der Waals surface area contributed by atoms with E-state index in [2.05, 4.69) is 25.2 Å². The van der Waals surface area contributed by atoms with Gasteiger partial charge in [-0.05, 0) is 51.1 Å². The Kier molecular flexibility index (Phi) is 6.87. The summed E-state index contributed by atoms with van der Waals surface area (Å²) in [7, 11) is 2.01. The second-order valence-corrected chi connectivity index (χ2v) is 10.9. The molecule has 0 unspecified atom stereocenters. The van der Waals surface area contributed by atoms with E-state index in [0.717, 1.165) is 19.4 Å². The number of anilines is 2. The van der Waals surface area contributed by atoms with E-state index < -0.39 is 24.8 Å². The number of benzene rings is 2. The number of halogens is 4. The Balaban J connectivity index is 1.54. The normalized spacial score (nSPS) is 19.9. The van der Waals surface area contributed by atoms with Crippen molar-refractivity contribution in [1.82, 2.24) is 25.2 Å². The molecular weight excluding hydrogens is 547 g/mol. The Bertz CT molecular complexity index is 1600. The fourth-order valence-electron chi connectivity index (χ4n) is 5.56. The van der Waals surface area contributed by atoms with Crippen LogP contribution in [0.5, 0.6) is 6.01 Å². The van der Waals surface area contributed by atoms with Crippen molar-refractivity contribution >= 4 is 45.4 Å². The first-order valence-electron chi connectivity index (χ1n) is 13.1. The van der Waals surface area contributed by atoms with Crippen LogP contribution < -0.4 is 20.7 Å². The zero-order valence-electron chi connectivity index (χ0n) is 22.1. The number of nitrogens with two attached hydrogens (primary N) is 1. The van der Waals surface area contributed by atoms with E-state index in [9.17, 15) is 8.78 Å². The summed E-state index contributed by atoms with van der Waals surface area (Å²) in [6.07, 6.45) is 1.98. The third kappa shape index (κ3) is 4.88. The van der Waals surface area contributed by atoms with Crippen molar-refractivity contribution in [2.45, 2.75) is 31.7 Å². The molecule has 2 saturated heterocycles. The van der Waals surface area contributed by atoms with E-state index in [4.69, 9.17) is 26.5 Å². The van der Waals surface area contributed by atoms with Gasteiger partial charge in [0, 0.05) is 35.6 Å². The minimum Gasteiger partial charge on any atom is -0.462 e. The van der Waals surface area contributed by atoms with E-state index in [1.807, 2.05) is 7.05 Å². The standard InChI is InChI=1S/C27H29ClF3N7O2/c1-14-5-6-18-23(34-25(32)40-18)19(14)20-17(28)10-16-22(21(20)29)35-26(39-11-15-4-3-8-37(15)2)36-24(16)38-9-7-33-12-27(30,31)13-38/h5-6,10,15,33H,3-4,7-9,11-13H2,1-2H3,(H2,32,34)/t15-/m0/s1. The number of likely N-dealkylation sites (tertiary alicyclic amines) is 1. The second kappa shape index (κ2) is 10.2. The number of nitrogens with zero attached hydrogens (tertiary/aromatic N) is 5. The second-order valence-electron chi connectivity index (χ2n) is 10.5. The van der Waals surface area contributed by atoms with E-state index in [0.29, 0.717) is 28.8 Å². The number of aromatic nitrogens is 3. The van der Waals surface area contributed by atoms with Crippen LogP contribution in [-0.2, 0) is 0 Å². The number of oxazole rings is 1. The number of alkyl halides is 2. The van der Waals surface area contributed by atoms with Crippen molar-refractivity contribution < 1.29 is 22.3 Å². The highest BCUT2D eigenvalue weighted by atomic mass is 35.5. The number of hydrogen-bond donors (Lipinski definition) is 2. The maximum atomic E-state index is 16.6. The van der Waals surface area contributed by atoms with Crippen LogP contribution in [0.15, 0.2) is 22.6 Å². The third-order valence-corrected chi connectivity index (χ3v) is 7.92. The molecule has 0 saturated carbocycles. The number of fused-ring (bicyclic) bond motifs is 2. The van der Waals surface area contributed by atoms with Gasteiger partial charge in [0.05, 0.1) is 18.1 Å². The Labute approximate surface area is 233 Å². The largest absolute Gasteiger partial charge is 0.462 e. The fraction of sp³-hybridized carbons (Fsp3) is 0.444. The fourth-order valence-corrected chi connectivity index (χ4v) is 5.85.